The Morgan fingerprint density at radius 2 is 2.00 bits per heavy atom. The van der Waals surface area contributed by atoms with Crippen LogP contribution in [0.1, 0.15) is 51.9 Å². The maximum Gasteiger partial charge on any atom is 0.0827 e. The van der Waals surface area contributed by atoms with Crippen molar-refractivity contribution in [2.75, 3.05) is 0 Å². The van der Waals surface area contributed by atoms with Gasteiger partial charge >= 0.3 is 0 Å². The summed E-state index contributed by atoms with van der Waals surface area (Å²) in [6, 6.07) is 1.01. The van der Waals surface area contributed by atoms with Gasteiger partial charge in [0.25, 0.3) is 0 Å². The molecule has 4 N–H and O–H groups in total. The highest BCUT2D eigenvalue weighted by Crippen LogP contribution is 2.36. The first-order valence-corrected chi connectivity index (χ1v) is 6.38. The average molecular weight is 212 g/mol. The molecule has 2 fully saturated rings. The first-order valence-electron chi connectivity index (χ1n) is 6.38. The minimum atomic E-state index is -0.591. The van der Waals surface area contributed by atoms with Crippen LogP contribution in [0, 0.1) is 0 Å². The van der Waals surface area contributed by atoms with Crippen molar-refractivity contribution in [1.29, 1.82) is 0 Å². The molecule has 0 aliphatic carbocycles. The number of hydrogen-bond acceptors (Lipinski definition) is 3. The summed E-state index contributed by atoms with van der Waals surface area (Å²) in [7, 11) is 0. The number of rotatable bonds is 4. The van der Waals surface area contributed by atoms with Gasteiger partial charge in [0.2, 0.25) is 0 Å². The van der Waals surface area contributed by atoms with Gasteiger partial charge in [-0.25, -0.2) is 0 Å². The summed E-state index contributed by atoms with van der Waals surface area (Å²) in [6.45, 7) is 2.17. The highest BCUT2D eigenvalue weighted by molar-refractivity contribution is 5.04. The van der Waals surface area contributed by atoms with E-state index >= 15 is 0 Å². The van der Waals surface area contributed by atoms with Crippen molar-refractivity contribution >= 4 is 0 Å². The van der Waals surface area contributed by atoms with E-state index in [1.54, 1.807) is 0 Å². The van der Waals surface area contributed by atoms with Crippen molar-refractivity contribution in [3.63, 3.8) is 0 Å². The van der Waals surface area contributed by atoms with E-state index < -0.39 is 5.60 Å². The minimum Gasteiger partial charge on any atom is -0.388 e. The third-order valence-electron chi connectivity index (χ3n) is 4.09. The monoisotopic (exact) mass is 212 g/mol. The Bertz CT molecular complexity index is 208. The van der Waals surface area contributed by atoms with Crippen LogP contribution in [-0.2, 0) is 0 Å². The van der Waals surface area contributed by atoms with Crippen LogP contribution < -0.4 is 11.1 Å². The van der Waals surface area contributed by atoms with E-state index in [0.29, 0.717) is 12.1 Å². The van der Waals surface area contributed by atoms with Gasteiger partial charge in [0.1, 0.15) is 0 Å². The Morgan fingerprint density at radius 1 is 1.40 bits per heavy atom. The molecule has 0 amide bonds. The lowest BCUT2D eigenvalue weighted by Gasteiger charge is -2.41. The van der Waals surface area contributed by atoms with Gasteiger partial charge in [-0.2, -0.15) is 0 Å². The molecule has 2 rings (SSSR count). The molecule has 0 radical (unpaired) electrons. The van der Waals surface area contributed by atoms with Crippen LogP contribution in [0.5, 0.6) is 0 Å². The number of nitrogens with two attached hydrogens (primary N) is 1. The SMILES string of the molecule is CCCCC(N)C1(O)CC2CCC(C1)N2. The van der Waals surface area contributed by atoms with Crippen LogP contribution in [0.25, 0.3) is 0 Å². The van der Waals surface area contributed by atoms with Crippen molar-refractivity contribution in [3.05, 3.63) is 0 Å². The summed E-state index contributed by atoms with van der Waals surface area (Å²) < 4.78 is 0. The third kappa shape index (κ3) is 2.35. The number of fused-ring (bicyclic) bond motifs is 2. The van der Waals surface area contributed by atoms with Gasteiger partial charge in [0.05, 0.1) is 5.60 Å². The fourth-order valence-corrected chi connectivity index (χ4v) is 3.16. The Kier molecular flexibility index (Phi) is 3.33. The molecule has 2 aliphatic rings. The van der Waals surface area contributed by atoms with Gasteiger partial charge in [-0.05, 0) is 32.1 Å². The molecule has 3 unspecified atom stereocenters. The Balaban J connectivity index is 1.94. The van der Waals surface area contributed by atoms with Crippen LogP contribution in [0.3, 0.4) is 0 Å². The number of piperidine rings is 1. The summed E-state index contributed by atoms with van der Waals surface area (Å²) in [6.07, 6.45) is 7.40. The van der Waals surface area contributed by atoms with Gasteiger partial charge in [-0.1, -0.05) is 19.8 Å². The van der Waals surface area contributed by atoms with Crippen LogP contribution in [0.15, 0.2) is 0 Å². The van der Waals surface area contributed by atoms with E-state index in [-0.39, 0.29) is 6.04 Å². The molecule has 15 heavy (non-hydrogen) atoms. The molecular formula is C12H24N2O. The second-order valence-electron chi connectivity index (χ2n) is 5.40. The number of hydrogen-bond donors (Lipinski definition) is 3. The van der Waals surface area contributed by atoms with Gasteiger partial charge < -0.3 is 16.2 Å². The Hall–Kier alpha value is -0.120. The lowest BCUT2D eigenvalue weighted by Crippen LogP contribution is -2.57. The second kappa shape index (κ2) is 4.40. The molecule has 3 nitrogen and oxygen atoms in total. The van der Waals surface area contributed by atoms with Crippen LogP contribution >= 0.6 is 0 Å². The lowest BCUT2D eigenvalue weighted by atomic mass is 9.80. The van der Waals surface area contributed by atoms with Crippen LogP contribution in [0.4, 0.5) is 0 Å². The number of nitrogens with one attached hydrogen (secondary N) is 1. The summed E-state index contributed by atoms with van der Waals surface area (Å²) >= 11 is 0. The van der Waals surface area contributed by atoms with E-state index in [0.717, 1.165) is 32.1 Å². The van der Waals surface area contributed by atoms with E-state index in [2.05, 4.69) is 12.2 Å². The first-order chi connectivity index (χ1) is 7.14. The van der Waals surface area contributed by atoms with E-state index in [1.165, 1.54) is 12.8 Å². The molecule has 2 saturated heterocycles. The smallest absolute Gasteiger partial charge is 0.0827 e. The summed E-state index contributed by atoms with van der Waals surface area (Å²) in [4.78, 5) is 0. The Labute approximate surface area is 92.4 Å². The van der Waals surface area contributed by atoms with Crippen LogP contribution in [0.2, 0.25) is 0 Å². The maximum absolute atomic E-state index is 10.6. The summed E-state index contributed by atoms with van der Waals surface area (Å²) in [5.74, 6) is 0. The zero-order valence-corrected chi connectivity index (χ0v) is 9.71. The maximum atomic E-state index is 10.6. The van der Waals surface area contributed by atoms with Crippen molar-refractivity contribution < 1.29 is 5.11 Å². The topological polar surface area (TPSA) is 58.3 Å². The van der Waals surface area contributed by atoms with Crippen molar-refractivity contribution in [2.45, 2.75) is 75.6 Å². The minimum absolute atomic E-state index is 0.0253. The predicted octanol–water partition coefficient (Wildman–Crippen LogP) is 1.15. The van der Waals surface area contributed by atoms with Crippen molar-refractivity contribution in [1.82, 2.24) is 5.32 Å². The summed E-state index contributed by atoms with van der Waals surface area (Å²) in [5, 5.41) is 14.1. The van der Waals surface area contributed by atoms with E-state index in [9.17, 15) is 5.11 Å². The zero-order valence-electron chi connectivity index (χ0n) is 9.71. The summed E-state index contributed by atoms with van der Waals surface area (Å²) in [5.41, 5.74) is 5.55. The van der Waals surface area contributed by atoms with Crippen LogP contribution in [-0.4, -0.2) is 28.8 Å². The number of unbranched alkanes of at least 4 members (excludes halogenated alkanes) is 1. The fraction of sp³-hybridized carbons (Fsp3) is 1.00. The standard InChI is InChI=1S/C12H24N2O/c1-2-3-4-11(13)12(15)7-9-5-6-10(8-12)14-9/h9-11,14-15H,2-8,13H2,1H3. The largest absolute Gasteiger partial charge is 0.388 e. The molecule has 0 saturated carbocycles. The van der Waals surface area contributed by atoms with Crippen molar-refractivity contribution in [2.24, 2.45) is 5.73 Å². The van der Waals surface area contributed by atoms with Gasteiger partial charge in [0, 0.05) is 18.1 Å². The van der Waals surface area contributed by atoms with Gasteiger partial charge in [-0.3, -0.25) is 0 Å². The Morgan fingerprint density at radius 3 is 2.53 bits per heavy atom. The van der Waals surface area contributed by atoms with Gasteiger partial charge in [-0.15, -0.1) is 0 Å². The quantitative estimate of drug-likeness (QED) is 0.655. The highest BCUT2D eigenvalue weighted by Gasteiger charge is 2.45. The highest BCUT2D eigenvalue weighted by atomic mass is 16.3. The normalized spacial score (nSPS) is 41.8. The molecular weight excluding hydrogens is 188 g/mol. The third-order valence-corrected chi connectivity index (χ3v) is 4.09. The molecule has 0 aromatic rings. The molecule has 2 aliphatic heterocycles. The van der Waals surface area contributed by atoms with Crippen molar-refractivity contribution in [3.8, 4) is 0 Å². The zero-order chi connectivity index (χ0) is 10.9. The van der Waals surface area contributed by atoms with E-state index in [4.69, 9.17) is 5.73 Å². The molecule has 88 valence electrons. The molecule has 2 heterocycles. The fourth-order valence-electron chi connectivity index (χ4n) is 3.16. The second-order valence-corrected chi connectivity index (χ2v) is 5.40. The number of aliphatic hydroxyl groups is 1. The average Bonchev–Trinajstić information content (AvgIpc) is 2.55. The van der Waals surface area contributed by atoms with Gasteiger partial charge in [0.15, 0.2) is 0 Å². The molecule has 0 spiro atoms. The molecule has 3 atom stereocenters. The van der Waals surface area contributed by atoms with E-state index in [1.807, 2.05) is 0 Å². The molecule has 2 bridgehead atoms. The first kappa shape index (κ1) is 11.4. The molecule has 3 heteroatoms. The molecule has 0 aromatic carbocycles. The predicted molar refractivity (Wildman–Crippen MR) is 61.6 cm³/mol. The molecule has 0 aromatic heterocycles. The lowest BCUT2D eigenvalue weighted by molar-refractivity contribution is -0.0312.